The number of rotatable bonds is 2. The van der Waals surface area contributed by atoms with Gasteiger partial charge < -0.3 is 0 Å². The first-order valence-corrected chi connectivity index (χ1v) is 5.91. The monoisotopic (exact) mass is 210 g/mol. The van der Waals surface area contributed by atoms with Crippen molar-refractivity contribution in [2.75, 3.05) is 0 Å². The average Bonchev–Trinajstić information content (AvgIpc) is 2.29. The Labute approximate surface area is 97.6 Å². The van der Waals surface area contributed by atoms with E-state index in [2.05, 4.69) is 63.3 Å². The van der Waals surface area contributed by atoms with Crippen LogP contribution in [0.25, 0.3) is 16.8 Å². The van der Waals surface area contributed by atoms with E-state index in [0.717, 1.165) is 6.42 Å². The molecule has 0 saturated heterocycles. The van der Waals surface area contributed by atoms with E-state index in [4.69, 9.17) is 0 Å². The van der Waals surface area contributed by atoms with Crippen molar-refractivity contribution in [1.29, 1.82) is 0 Å². The fourth-order valence-electron chi connectivity index (χ4n) is 2.19. The predicted octanol–water partition coefficient (Wildman–Crippen LogP) is 4.74. The zero-order valence-electron chi connectivity index (χ0n) is 10.2. The van der Waals surface area contributed by atoms with Crippen LogP contribution in [0.15, 0.2) is 36.4 Å². The lowest BCUT2D eigenvalue weighted by molar-refractivity contribution is 1.14. The summed E-state index contributed by atoms with van der Waals surface area (Å²) in [7, 11) is 0. The molecule has 0 radical (unpaired) electrons. The van der Waals surface area contributed by atoms with Crippen molar-refractivity contribution in [3.63, 3.8) is 0 Å². The standard InChI is InChI=1S/C16H18/c1-4-6-15-13(5-2)8-9-14-11-12(3)7-10-16(14)15/h4,6-11H,5H2,1-3H3. The first-order chi connectivity index (χ1) is 7.76. The molecule has 2 aromatic carbocycles. The van der Waals surface area contributed by atoms with Gasteiger partial charge in [-0.3, -0.25) is 0 Å². The molecular weight excluding hydrogens is 192 g/mol. The fourth-order valence-corrected chi connectivity index (χ4v) is 2.19. The highest BCUT2D eigenvalue weighted by molar-refractivity contribution is 5.92. The molecule has 0 aliphatic carbocycles. The molecule has 0 N–H and O–H groups in total. The molecule has 0 aliphatic rings. The fraction of sp³-hybridized carbons (Fsp3) is 0.250. The number of hydrogen-bond donors (Lipinski definition) is 0. The van der Waals surface area contributed by atoms with Gasteiger partial charge in [-0.1, -0.05) is 55.0 Å². The molecule has 0 saturated carbocycles. The van der Waals surface area contributed by atoms with Gasteiger partial charge in [-0.05, 0) is 42.2 Å². The van der Waals surface area contributed by atoms with Gasteiger partial charge in [-0.25, -0.2) is 0 Å². The van der Waals surface area contributed by atoms with Crippen LogP contribution in [0.3, 0.4) is 0 Å². The van der Waals surface area contributed by atoms with Gasteiger partial charge in [0.25, 0.3) is 0 Å². The van der Waals surface area contributed by atoms with Crippen molar-refractivity contribution in [2.24, 2.45) is 0 Å². The quantitative estimate of drug-likeness (QED) is 0.671. The van der Waals surface area contributed by atoms with Crippen LogP contribution in [0, 0.1) is 6.92 Å². The van der Waals surface area contributed by atoms with E-state index in [1.54, 1.807) is 0 Å². The maximum Gasteiger partial charge on any atom is -0.0109 e. The summed E-state index contributed by atoms with van der Waals surface area (Å²) in [4.78, 5) is 0. The van der Waals surface area contributed by atoms with Crippen LogP contribution in [-0.2, 0) is 6.42 Å². The predicted molar refractivity (Wildman–Crippen MR) is 72.8 cm³/mol. The highest BCUT2D eigenvalue weighted by Crippen LogP contribution is 2.25. The zero-order chi connectivity index (χ0) is 11.5. The Bertz CT molecular complexity index is 533. The van der Waals surface area contributed by atoms with Crippen molar-refractivity contribution in [3.05, 3.63) is 53.1 Å². The number of aryl methyl sites for hydroxylation is 2. The second-order valence-corrected chi connectivity index (χ2v) is 4.22. The van der Waals surface area contributed by atoms with E-state index in [1.165, 1.54) is 27.5 Å². The zero-order valence-corrected chi connectivity index (χ0v) is 10.2. The Balaban J connectivity index is 2.78. The summed E-state index contributed by atoms with van der Waals surface area (Å²) in [5.41, 5.74) is 4.13. The minimum atomic E-state index is 1.09. The number of benzene rings is 2. The minimum absolute atomic E-state index is 1.09. The summed E-state index contributed by atoms with van der Waals surface area (Å²) < 4.78 is 0. The van der Waals surface area contributed by atoms with Gasteiger partial charge in [-0.2, -0.15) is 0 Å². The van der Waals surface area contributed by atoms with E-state index in [0.29, 0.717) is 0 Å². The molecular formula is C16H18. The molecule has 0 atom stereocenters. The van der Waals surface area contributed by atoms with Gasteiger partial charge in [0.15, 0.2) is 0 Å². The molecule has 82 valence electrons. The van der Waals surface area contributed by atoms with E-state index in [9.17, 15) is 0 Å². The Kier molecular flexibility index (Phi) is 3.09. The Hall–Kier alpha value is -1.56. The summed E-state index contributed by atoms with van der Waals surface area (Å²) in [6.07, 6.45) is 5.42. The molecule has 2 aromatic rings. The number of fused-ring (bicyclic) bond motifs is 1. The van der Waals surface area contributed by atoms with Gasteiger partial charge in [0.1, 0.15) is 0 Å². The lowest BCUT2D eigenvalue weighted by Gasteiger charge is -2.09. The second-order valence-electron chi connectivity index (χ2n) is 4.22. The van der Waals surface area contributed by atoms with Crippen LogP contribution in [0.5, 0.6) is 0 Å². The molecule has 0 bridgehead atoms. The van der Waals surface area contributed by atoms with Crippen molar-refractivity contribution in [1.82, 2.24) is 0 Å². The molecule has 2 rings (SSSR count). The number of hydrogen-bond acceptors (Lipinski definition) is 0. The molecule has 0 nitrogen and oxygen atoms in total. The SMILES string of the molecule is CC=Cc1c(CC)ccc2cc(C)ccc12. The Morgan fingerprint density at radius 2 is 1.94 bits per heavy atom. The van der Waals surface area contributed by atoms with E-state index >= 15 is 0 Å². The van der Waals surface area contributed by atoms with Crippen molar-refractivity contribution < 1.29 is 0 Å². The first kappa shape index (κ1) is 10.9. The maximum absolute atomic E-state index is 2.25. The van der Waals surface area contributed by atoms with Gasteiger partial charge in [0.05, 0.1) is 0 Å². The summed E-state index contributed by atoms with van der Waals surface area (Å²) in [6.45, 7) is 6.43. The topological polar surface area (TPSA) is 0 Å². The third kappa shape index (κ3) is 1.88. The minimum Gasteiger partial charge on any atom is -0.0870 e. The highest BCUT2D eigenvalue weighted by Gasteiger charge is 2.03. The molecule has 0 spiro atoms. The third-order valence-electron chi connectivity index (χ3n) is 3.02. The van der Waals surface area contributed by atoms with Crippen molar-refractivity contribution >= 4 is 16.8 Å². The largest absolute Gasteiger partial charge is 0.0870 e. The average molecular weight is 210 g/mol. The molecule has 0 unspecified atom stereocenters. The van der Waals surface area contributed by atoms with E-state index in [1.807, 2.05) is 0 Å². The molecule has 0 aliphatic heterocycles. The van der Waals surface area contributed by atoms with Crippen molar-refractivity contribution in [3.8, 4) is 0 Å². The van der Waals surface area contributed by atoms with Crippen LogP contribution >= 0.6 is 0 Å². The molecule has 0 aromatic heterocycles. The van der Waals surface area contributed by atoms with Crippen LogP contribution < -0.4 is 0 Å². The Morgan fingerprint density at radius 1 is 1.12 bits per heavy atom. The Morgan fingerprint density at radius 3 is 2.62 bits per heavy atom. The van der Waals surface area contributed by atoms with Crippen LogP contribution in [0.4, 0.5) is 0 Å². The summed E-state index contributed by atoms with van der Waals surface area (Å²) in [5, 5.41) is 2.70. The third-order valence-corrected chi connectivity index (χ3v) is 3.02. The molecule has 0 heteroatoms. The van der Waals surface area contributed by atoms with E-state index < -0.39 is 0 Å². The van der Waals surface area contributed by atoms with Gasteiger partial charge >= 0.3 is 0 Å². The molecule has 16 heavy (non-hydrogen) atoms. The molecule has 0 fully saturated rings. The van der Waals surface area contributed by atoms with Gasteiger partial charge in [0, 0.05) is 0 Å². The van der Waals surface area contributed by atoms with E-state index in [-0.39, 0.29) is 0 Å². The molecule has 0 heterocycles. The molecule has 0 amide bonds. The second kappa shape index (κ2) is 4.52. The van der Waals surface area contributed by atoms with Crippen LogP contribution in [-0.4, -0.2) is 0 Å². The maximum atomic E-state index is 2.25. The summed E-state index contributed by atoms with van der Waals surface area (Å²) in [5.74, 6) is 0. The highest BCUT2D eigenvalue weighted by atomic mass is 14.1. The van der Waals surface area contributed by atoms with Gasteiger partial charge in [-0.15, -0.1) is 0 Å². The lowest BCUT2D eigenvalue weighted by atomic mass is 9.96. The first-order valence-electron chi connectivity index (χ1n) is 5.91. The lowest BCUT2D eigenvalue weighted by Crippen LogP contribution is -1.88. The van der Waals surface area contributed by atoms with Crippen molar-refractivity contribution in [2.45, 2.75) is 27.2 Å². The van der Waals surface area contributed by atoms with Crippen LogP contribution in [0.2, 0.25) is 0 Å². The normalized spacial score (nSPS) is 11.4. The summed E-state index contributed by atoms with van der Waals surface area (Å²) in [6, 6.07) is 11.2. The van der Waals surface area contributed by atoms with Crippen LogP contribution in [0.1, 0.15) is 30.5 Å². The smallest absolute Gasteiger partial charge is 0.0109 e. The van der Waals surface area contributed by atoms with Gasteiger partial charge in [0.2, 0.25) is 0 Å². The summed E-state index contributed by atoms with van der Waals surface area (Å²) >= 11 is 0. The number of allylic oxidation sites excluding steroid dienone is 1.